The van der Waals surface area contributed by atoms with Gasteiger partial charge in [0.1, 0.15) is 5.75 Å². The van der Waals surface area contributed by atoms with Crippen molar-refractivity contribution >= 4 is 17.6 Å². The summed E-state index contributed by atoms with van der Waals surface area (Å²) in [4.78, 5) is 45.8. The van der Waals surface area contributed by atoms with Crippen molar-refractivity contribution in [1.82, 2.24) is 14.8 Å². The van der Waals surface area contributed by atoms with E-state index in [9.17, 15) is 19.5 Å². The van der Waals surface area contributed by atoms with E-state index in [1.807, 2.05) is 36.4 Å². The maximum Gasteiger partial charge on any atom is 0.295 e. The molecule has 0 aliphatic carbocycles. The number of carbonyl (C=O) groups is 3. The van der Waals surface area contributed by atoms with Crippen molar-refractivity contribution < 1.29 is 19.5 Å². The highest BCUT2D eigenvalue weighted by atomic mass is 16.3. The zero-order valence-corrected chi connectivity index (χ0v) is 17.6. The second-order valence-electron chi connectivity index (χ2n) is 7.75. The van der Waals surface area contributed by atoms with Crippen LogP contribution in [0.4, 0.5) is 0 Å². The third-order valence-electron chi connectivity index (χ3n) is 5.59. The number of nitrogens with zero attached hydrogens (tertiary/aromatic N) is 3. The minimum atomic E-state index is -0.815. The van der Waals surface area contributed by atoms with Crippen LogP contribution in [-0.2, 0) is 4.79 Å². The third kappa shape index (κ3) is 4.23. The maximum atomic E-state index is 12.9. The second-order valence-corrected chi connectivity index (χ2v) is 7.75. The van der Waals surface area contributed by atoms with E-state index in [-0.39, 0.29) is 29.8 Å². The molecule has 0 radical (unpaired) electrons. The molecule has 0 unspecified atom stereocenters. The lowest BCUT2D eigenvalue weighted by molar-refractivity contribution is -0.130. The summed E-state index contributed by atoms with van der Waals surface area (Å²) < 4.78 is 0. The molecule has 7 heteroatoms. The molecule has 1 N–H and O–H groups in total. The van der Waals surface area contributed by atoms with E-state index < -0.39 is 11.7 Å². The Morgan fingerprint density at radius 2 is 1.62 bits per heavy atom. The highest BCUT2D eigenvalue weighted by Crippen LogP contribution is 2.25. The van der Waals surface area contributed by atoms with E-state index in [0.717, 1.165) is 5.56 Å². The lowest BCUT2D eigenvalue weighted by Gasteiger charge is -2.39. The quantitative estimate of drug-likeness (QED) is 0.509. The number of pyridine rings is 1. The van der Waals surface area contributed by atoms with Crippen LogP contribution in [-0.4, -0.2) is 63.2 Å². The molecule has 2 aromatic carbocycles. The molecule has 1 aliphatic rings. The van der Waals surface area contributed by atoms with Gasteiger partial charge in [-0.15, -0.1) is 0 Å². The van der Waals surface area contributed by atoms with Crippen molar-refractivity contribution in [3.05, 3.63) is 84.1 Å². The highest BCUT2D eigenvalue weighted by molar-refractivity contribution is 6.43. The Bertz CT molecular complexity index is 1150. The number of ketones is 1. The summed E-state index contributed by atoms with van der Waals surface area (Å²) in [6, 6.07) is 19.2. The molecule has 1 aromatic heterocycles. The topological polar surface area (TPSA) is 90.8 Å². The van der Waals surface area contributed by atoms with Gasteiger partial charge in [0.25, 0.3) is 17.6 Å². The van der Waals surface area contributed by atoms with Crippen molar-refractivity contribution in [3.8, 4) is 17.0 Å². The van der Waals surface area contributed by atoms with Crippen molar-refractivity contribution in [2.75, 3.05) is 19.6 Å². The molecule has 1 saturated heterocycles. The molecule has 0 spiro atoms. The van der Waals surface area contributed by atoms with Gasteiger partial charge >= 0.3 is 0 Å². The number of aromatic hydroxyl groups is 1. The number of benzene rings is 2. The van der Waals surface area contributed by atoms with E-state index >= 15 is 0 Å². The van der Waals surface area contributed by atoms with Gasteiger partial charge in [-0.3, -0.25) is 19.4 Å². The van der Waals surface area contributed by atoms with Crippen LogP contribution in [0.3, 0.4) is 0 Å². The Kier molecular flexibility index (Phi) is 5.98. The molecule has 3 aromatic rings. The number of aromatic nitrogens is 1. The van der Waals surface area contributed by atoms with E-state index in [0.29, 0.717) is 24.3 Å². The Balaban J connectivity index is 1.45. The molecular formula is C25H23N3O4. The van der Waals surface area contributed by atoms with Crippen LogP contribution in [0, 0.1) is 0 Å². The van der Waals surface area contributed by atoms with Gasteiger partial charge in [0.2, 0.25) is 0 Å². The Labute approximate surface area is 185 Å². The van der Waals surface area contributed by atoms with Crippen LogP contribution < -0.4 is 0 Å². The fourth-order valence-electron chi connectivity index (χ4n) is 3.84. The van der Waals surface area contributed by atoms with Crippen LogP contribution in [0.1, 0.15) is 27.6 Å². The number of hydrogen-bond acceptors (Lipinski definition) is 5. The number of amides is 2. The van der Waals surface area contributed by atoms with E-state index in [2.05, 4.69) is 4.98 Å². The number of rotatable bonds is 4. The number of hydrogen-bond donors (Lipinski definition) is 1. The van der Waals surface area contributed by atoms with Gasteiger partial charge in [-0.1, -0.05) is 48.5 Å². The molecule has 0 saturated carbocycles. The maximum absolute atomic E-state index is 12.9. The lowest BCUT2D eigenvalue weighted by atomic mass is 10.1. The van der Waals surface area contributed by atoms with Gasteiger partial charge in [-0.25, -0.2) is 0 Å². The predicted molar refractivity (Wildman–Crippen MR) is 119 cm³/mol. The Morgan fingerprint density at radius 3 is 2.25 bits per heavy atom. The standard InChI is InChI=1S/C25H23N3O4/c1-17-16-27(24(31)19-10-6-3-7-11-19)12-13-28(17)25(32)23(30)20-15-26-21(14-22(20)29)18-8-4-2-5-9-18/h2-11,14-15,17H,12-13,16H2,1H3,(H,26,29)/t17-/m1/s1. The molecule has 162 valence electrons. The predicted octanol–water partition coefficient (Wildman–Crippen LogP) is 3.01. The molecule has 1 fully saturated rings. The largest absolute Gasteiger partial charge is 0.507 e. The molecule has 7 nitrogen and oxygen atoms in total. The number of carbonyl (C=O) groups excluding carboxylic acids is 3. The second kappa shape index (κ2) is 9.01. The zero-order chi connectivity index (χ0) is 22.7. The molecular weight excluding hydrogens is 406 g/mol. The van der Waals surface area contributed by atoms with Gasteiger partial charge < -0.3 is 14.9 Å². The Morgan fingerprint density at radius 1 is 0.969 bits per heavy atom. The lowest BCUT2D eigenvalue weighted by Crippen LogP contribution is -2.56. The van der Waals surface area contributed by atoms with Crippen LogP contribution >= 0.6 is 0 Å². The summed E-state index contributed by atoms with van der Waals surface area (Å²) in [6.45, 7) is 2.69. The molecule has 4 rings (SSSR count). The first-order valence-corrected chi connectivity index (χ1v) is 10.4. The minimum Gasteiger partial charge on any atom is -0.507 e. The van der Waals surface area contributed by atoms with E-state index in [1.165, 1.54) is 17.2 Å². The van der Waals surface area contributed by atoms with Crippen molar-refractivity contribution in [1.29, 1.82) is 0 Å². The first-order valence-electron chi connectivity index (χ1n) is 10.4. The summed E-state index contributed by atoms with van der Waals surface area (Å²) in [5.41, 5.74) is 1.75. The van der Waals surface area contributed by atoms with E-state index in [4.69, 9.17) is 0 Å². The zero-order valence-electron chi connectivity index (χ0n) is 17.6. The molecule has 1 atom stereocenters. The summed E-state index contributed by atoms with van der Waals surface area (Å²) in [6.07, 6.45) is 1.23. The van der Waals surface area contributed by atoms with Crippen LogP contribution in [0.25, 0.3) is 11.3 Å². The fraction of sp³-hybridized carbons (Fsp3) is 0.200. The van der Waals surface area contributed by atoms with Crippen LogP contribution in [0.2, 0.25) is 0 Å². The monoisotopic (exact) mass is 429 g/mol. The summed E-state index contributed by atoms with van der Waals surface area (Å²) in [7, 11) is 0. The van der Waals surface area contributed by atoms with Gasteiger partial charge in [0.15, 0.2) is 0 Å². The summed E-state index contributed by atoms with van der Waals surface area (Å²) in [5.74, 6) is -1.92. The summed E-state index contributed by atoms with van der Waals surface area (Å²) >= 11 is 0. The average molecular weight is 429 g/mol. The van der Waals surface area contributed by atoms with Gasteiger partial charge in [-0.05, 0) is 19.1 Å². The normalized spacial score (nSPS) is 16.0. The van der Waals surface area contributed by atoms with Crippen LogP contribution in [0.15, 0.2) is 72.9 Å². The van der Waals surface area contributed by atoms with Gasteiger partial charge in [-0.2, -0.15) is 0 Å². The molecule has 2 amide bonds. The average Bonchev–Trinajstić information content (AvgIpc) is 2.83. The molecule has 1 aliphatic heterocycles. The van der Waals surface area contributed by atoms with Gasteiger partial charge in [0, 0.05) is 49.1 Å². The number of Topliss-reactive ketones (excluding diaryl/α,β-unsaturated/α-hetero) is 1. The minimum absolute atomic E-state index is 0.103. The highest BCUT2D eigenvalue weighted by Gasteiger charge is 2.34. The van der Waals surface area contributed by atoms with Crippen LogP contribution in [0.5, 0.6) is 5.75 Å². The first-order chi connectivity index (χ1) is 15.5. The third-order valence-corrected chi connectivity index (χ3v) is 5.59. The number of piperazine rings is 1. The molecule has 0 bridgehead atoms. The smallest absolute Gasteiger partial charge is 0.295 e. The van der Waals surface area contributed by atoms with Crippen molar-refractivity contribution in [2.24, 2.45) is 0 Å². The summed E-state index contributed by atoms with van der Waals surface area (Å²) in [5, 5.41) is 10.4. The van der Waals surface area contributed by atoms with Crippen molar-refractivity contribution in [3.63, 3.8) is 0 Å². The molecule has 2 heterocycles. The van der Waals surface area contributed by atoms with Crippen molar-refractivity contribution in [2.45, 2.75) is 13.0 Å². The SMILES string of the molecule is C[C@@H]1CN(C(=O)c2ccccc2)CCN1C(=O)C(=O)c1cnc(-c2ccccc2)cc1O. The van der Waals surface area contributed by atoms with E-state index in [1.54, 1.807) is 36.1 Å². The molecule has 32 heavy (non-hydrogen) atoms. The fourth-order valence-corrected chi connectivity index (χ4v) is 3.84. The van der Waals surface area contributed by atoms with Gasteiger partial charge in [0.05, 0.1) is 11.3 Å². The first kappa shape index (κ1) is 21.2. The Hall–Kier alpha value is -4.00.